The molecule has 150 valence electrons. The standard InChI is InChI=1S/C23H17FN2O4/c24-16-10-12-18(13-11-16)29-14-15-30-23(28)21-19-8-4-5-9-20(19)22(27)26(25-21)17-6-2-1-3-7-17/h1-13H,14-15H2. The number of carbonyl (C=O) groups is 1. The Morgan fingerprint density at radius 3 is 2.27 bits per heavy atom. The van der Waals surface area contributed by atoms with Gasteiger partial charge in [0.25, 0.3) is 5.56 Å². The van der Waals surface area contributed by atoms with Gasteiger partial charge < -0.3 is 9.47 Å². The Bertz CT molecular complexity index is 1240. The zero-order chi connectivity index (χ0) is 20.9. The summed E-state index contributed by atoms with van der Waals surface area (Å²) in [5, 5.41) is 5.05. The normalized spacial score (nSPS) is 10.7. The van der Waals surface area contributed by atoms with Gasteiger partial charge in [0.05, 0.1) is 11.1 Å². The molecule has 4 aromatic rings. The van der Waals surface area contributed by atoms with Crippen molar-refractivity contribution in [2.24, 2.45) is 0 Å². The van der Waals surface area contributed by atoms with Crippen molar-refractivity contribution < 1.29 is 18.7 Å². The lowest BCUT2D eigenvalue weighted by atomic mass is 10.1. The topological polar surface area (TPSA) is 70.4 Å². The van der Waals surface area contributed by atoms with Gasteiger partial charge in [-0.05, 0) is 42.5 Å². The summed E-state index contributed by atoms with van der Waals surface area (Å²) in [6.07, 6.45) is 0. The molecular formula is C23H17FN2O4. The van der Waals surface area contributed by atoms with E-state index in [2.05, 4.69) is 5.10 Å². The van der Waals surface area contributed by atoms with Gasteiger partial charge in [0, 0.05) is 5.39 Å². The highest BCUT2D eigenvalue weighted by atomic mass is 19.1. The van der Waals surface area contributed by atoms with Crippen LogP contribution in [-0.4, -0.2) is 29.0 Å². The first-order valence-electron chi connectivity index (χ1n) is 9.26. The molecule has 6 nitrogen and oxygen atoms in total. The molecule has 0 atom stereocenters. The van der Waals surface area contributed by atoms with Crippen LogP contribution in [0.5, 0.6) is 5.75 Å². The fourth-order valence-electron chi connectivity index (χ4n) is 2.98. The molecule has 1 aromatic heterocycles. The molecule has 0 saturated carbocycles. The van der Waals surface area contributed by atoms with E-state index >= 15 is 0 Å². The van der Waals surface area contributed by atoms with E-state index in [9.17, 15) is 14.0 Å². The third kappa shape index (κ3) is 4.05. The van der Waals surface area contributed by atoms with Crippen molar-refractivity contribution in [3.63, 3.8) is 0 Å². The van der Waals surface area contributed by atoms with Crippen molar-refractivity contribution in [3.05, 3.63) is 101 Å². The van der Waals surface area contributed by atoms with Gasteiger partial charge in [-0.15, -0.1) is 0 Å². The molecule has 4 rings (SSSR count). The molecule has 1 heterocycles. The molecule has 0 N–H and O–H groups in total. The van der Waals surface area contributed by atoms with Gasteiger partial charge in [-0.25, -0.2) is 9.18 Å². The number of para-hydroxylation sites is 1. The van der Waals surface area contributed by atoms with E-state index in [1.54, 1.807) is 48.5 Å². The van der Waals surface area contributed by atoms with Gasteiger partial charge in [0.1, 0.15) is 24.8 Å². The largest absolute Gasteiger partial charge is 0.490 e. The first-order valence-corrected chi connectivity index (χ1v) is 9.26. The van der Waals surface area contributed by atoms with Crippen LogP contribution in [0.3, 0.4) is 0 Å². The Hall–Kier alpha value is -4.00. The van der Waals surface area contributed by atoms with Crippen molar-refractivity contribution in [1.29, 1.82) is 0 Å². The Morgan fingerprint density at radius 2 is 1.53 bits per heavy atom. The summed E-state index contributed by atoms with van der Waals surface area (Å²) in [7, 11) is 0. The smallest absolute Gasteiger partial charge is 0.359 e. The number of halogens is 1. The second kappa shape index (κ2) is 8.57. The summed E-state index contributed by atoms with van der Waals surface area (Å²) in [5.41, 5.74) is 0.255. The second-order valence-electron chi connectivity index (χ2n) is 6.38. The summed E-state index contributed by atoms with van der Waals surface area (Å²) in [4.78, 5) is 25.6. The maximum absolute atomic E-state index is 12.9. The molecule has 0 aliphatic carbocycles. The number of hydrogen-bond donors (Lipinski definition) is 0. The minimum Gasteiger partial charge on any atom is -0.490 e. The summed E-state index contributed by atoms with van der Waals surface area (Å²) >= 11 is 0. The zero-order valence-electron chi connectivity index (χ0n) is 15.8. The van der Waals surface area contributed by atoms with E-state index < -0.39 is 5.97 Å². The lowest BCUT2D eigenvalue weighted by Crippen LogP contribution is -2.25. The lowest BCUT2D eigenvalue weighted by Gasteiger charge is -2.11. The zero-order valence-corrected chi connectivity index (χ0v) is 15.8. The minimum absolute atomic E-state index is 0.0311. The van der Waals surface area contributed by atoms with Gasteiger partial charge in [0.2, 0.25) is 0 Å². The molecule has 0 spiro atoms. The monoisotopic (exact) mass is 404 g/mol. The highest BCUT2D eigenvalue weighted by molar-refractivity contribution is 6.02. The van der Waals surface area contributed by atoms with Crippen LogP contribution in [0.25, 0.3) is 16.5 Å². The van der Waals surface area contributed by atoms with Crippen LogP contribution in [0, 0.1) is 5.82 Å². The van der Waals surface area contributed by atoms with Crippen LogP contribution in [-0.2, 0) is 4.74 Å². The molecule has 0 saturated heterocycles. The molecule has 30 heavy (non-hydrogen) atoms. The van der Waals surface area contributed by atoms with Crippen molar-refractivity contribution >= 4 is 16.7 Å². The maximum atomic E-state index is 12.9. The molecule has 0 radical (unpaired) electrons. The number of ether oxygens (including phenoxy) is 2. The van der Waals surface area contributed by atoms with E-state index in [1.165, 1.54) is 28.9 Å². The van der Waals surface area contributed by atoms with E-state index in [0.29, 0.717) is 22.2 Å². The van der Waals surface area contributed by atoms with Gasteiger partial charge in [-0.2, -0.15) is 9.78 Å². The van der Waals surface area contributed by atoms with Crippen LogP contribution in [0.2, 0.25) is 0 Å². The molecule has 0 amide bonds. The average molecular weight is 404 g/mol. The summed E-state index contributed by atoms with van der Waals surface area (Å²) in [5.74, 6) is -0.562. The fourth-order valence-corrected chi connectivity index (χ4v) is 2.98. The van der Waals surface area contributed by atoms with Gasteiger partial charge in [-0.3, -0.25) is 4.79 Å². The minimum atomic E-state index is -0.668. The first kappa shape index (κ1) is 19.3. The molecule has 7 heteroatoms. The fraction of sp³-hybridized carbons (Fsp3) is 0.0870. The predicted molar refractivity (Wildman–Crippen MR) is 110 cm³/mol. The Balaban J connectivity index is 1.56. The Kier molecular flexibility index (Phi) is 5.52. The van der Waals surface area contributed by atoms with Crippen LogP contribution in [0.4, 0.5) is 4.39 Å². The number of benzene rings is 3. The highest BCUT2D eigenvalue weighted by Crippen LogP contribution is 2.16. The van der Waals surface area contributed by atoms with E-state index in [4.69, 9.17) is 9.47 Å². The van der Waals surface area contributed by atoms with Crippen molar-refractivity contribution in [1.82, 2.24) is 9.78 Å². The quantitative estimate of drug-likeness (QED) is 0.362. The first-order chi connectivity index (χ1) is 14.6. The van der Waals surface area contributed by atoms with Crippen molar-refractivity contribution in [3.8, 4) is 11.4 Å². The molecule has 0 fully saturated rings. The number of carbonyl (C=O) groups excluding carboxylic acids is 1. The molecule has 0 bridgehead atoms. The van der Waals surface area contributed by atoms with Gasteiger partial charge in [0.15, 0.2) is 5.69 Å². The maximum Gasteiger partial charge on any atom is 0.359 e. The Morgan fingerprint density at radius 1 is 0.867 bits per heavy atom. The predicted octanol–water partition coefficient (Wildman–Crippen LogP) is 3.76. The van der Waals surface area contributed by atoms with Crippen LogP contribution >= 0.6 is 0 Å². The summed E-state index contributed by atoms with van der Waals surface area (Å²) < 4.78 is 24.8. The number of fused-ring (bicyclic) bond motifs is 1. The van der Waals surface area contributed by atoms with E-state index in [-0.39, 0.29) is 30.3 Å². The lowest BCUT2D eigenvalue weighted by molar-refractivity contribution is 0.0444. The summed E-state index contributed by atoms with van der Waals surface area (Å²) in [6, 6.07) is 21.1. The second-order valence-corrected chi connectivity index (χ2v) is 6.38. The molecule has 0 aliphatic heterocycles. The van der Waals surface area contributed by atoms with E-state index in [0.717, 1.165) is 0 Å². The van der Waals surface area contributed by atoms with Crippen molar-refractivity contribution in [2.75, 3.05) is 13.2 Å². The molecular weight excluding hydrogens is 387 g/mol. The third-order valence-corrected chi connectivity index (χ3v) is 4.40. The molecule has 3 aromatic carbocycles. The third-order valence-electron chi connectivity index (χ3n) is 4.40. The average Bonchev–Trinajstić information content (AvgIpc) is 2.79. The number of esters is 1. The van der Waals surface area contributed by atoms with Crippen LogP contribution in [0.1, 0.15) is 10.5 Å². The van der Waals surface area contributed by atoms with Gasteiger partial charge in [-0.1, -0.05) is 36.4 Å². The van der Waals surface area contributed by atoms with Crippen LogP contribution < -0.4 is 10.3 Å². The molecule has 0 unspecified atom stereocenters. The Labute approximate surface area is 171 Å². The van der Waals surface area contributed by atoms with Crippen LogP contribution in [0.15, 0.2) is 83.7 Å². The molecule has 0 aliphatic rings. The number of aromatic nitrogens is 2. The number of hydrogen-bond acceptors (Lipinski definition) is 5. The number of rotatable bonds is 6. The van der Waals surface area contributed by atoms with E-state index in [1.807, 2.05) is 6.07 Å². The summed E-state index contributed by atoms with van der Waals surface area (Å²) in [6.45, 7) is 0.0598. The van der Waals surface area contributed by atoms with Crippen molar-refractivity contribution in [2.45, 2.75) is 0 Å². The SMILES string of the molecule is O=C(OCCOc1ccc(F)cc1)c1nn(-c2ccccc2)c(=O)c2ccccc12. The number of nitrogens with zero attached hydrogens (tertiary/aromatic N) is 2. The highest BCUT2D eigenvalue weighted by Gasteiger charge is 2.18. The van der Waals surface area contributed by atoms with Gasteiger partial charge >= 0.3 is 5.97 Å².